The van der Waals surface area contributed by atoms with Crippen molar-refractivity contribution in [2.45, 2.75) is 6.92 Å². The van der Waals surface area contributed by atoms with Gasteiger partial charge in [0, 0.05) is 35.7 Å². The van der Waals surface area contributed by atoms with E-state index in [1.807, 2.05) is 12.1 Å². The lowest BCUT2D eigenvalue weighted by Gasteiger charge is -2.31. The van der Waals surface area contributed by atoms with Gasteiger partial charge in [-0.05, 0) is 40.8 Å². The lowest BCUT2D eigenvalue weighted by atomic mass is 9.89. The zero-order valence-electron chi connectivity index (χ0n) is 14.6. The monoisotopic (exact) mass is 460 g/mol. The van der Waals surface area contributed by atoms with Crippen molar-refractivity contribution >= 4 is 45.8 Å². The molecule has 0 radical (unpaired) electrons. The Morgan fingerprint density at radius 1 is 0.885 bits per heavy atom. The maximum Gasteiger partial charge on any atom is 0.228 e. The summed E-state index contributed by atoms with van der Waals surface area (Å²) in [6.45, 7) is 1.39. The molecule has 0 aromatic heterocycles. The Morgan fingerprint density at radius 3 is 1.96 bits per heavy atom. The number of hydrogen-bond donors (Lipinski definition) is 0. The van der Waals surface area contributed by atoms with Crippen LogP contribution < -0.4 is 4.90 Å². The molecule has 1 aliphatic carbocycles. The lowest BCUT2D eigenvalue weighted by molar-refractivity contribution is -0.116. The summed E-state index contributed by atoms with van der Waals surface area (Å²) >= 11 is 2.14. The molecule has 1 aliphatic rings. The second-order valence-electron chi connectivity index (χ2n) is 6.13. The summed E-state index contributed by atoms with van der Waals surface area (Å²) in [5.41, 5.74) is 1.53. The second-order valence-corrected chi connectivity index (χ2v) is 7.38. The van der Waals surface area contributed by atoms with Crippen LogP contribution in [0.15, 0.2) is 59.9 Å². The van der Waals surface area contributed by atoms with Gasteiger partial charge in [-0.2, -0.15) is 0 Å². The number of carbonyl (C=O) groups is 3. The van der Waals surface area contributed by atoms with Crippen LogP contribution in [0.4, 0.5) is 5.69 Å². The van der Waals surface area contributed by atoms with Gasteiger partial charge in [-0.3, -0.25) is 19.3 Å². The average molecular weight is 460 g/mol. The van der Waals surface area contributed by atoms with Crippen molar-refractivity contribution in [3.05, 3.63) is 74.6 Å². The number of ketones is 2. The molecule has 0 saturated carbocycles. The summed E-state index contributed by atoms with van der Waals surface area (Å²) in [5.74, 6) is -0.933. The minimum Gasteiger partial charge on any atom is -0.373 e. The molecular formula is C20H17IN2O3. The zero-order chi connectivity index (χ0) is 19.0. The van der Waals surface area contributed by atoms with Crippen molar-refractivity contribution in [2.24, 2.45) is 0 Å². The van der Waals surface area contributed by atoms with E-state index < -0.39 is 0 Å². The summed E-state index contributed by atoms with van der Waals surface area (Å²) in [5, 5.41) is 0. The molecule has 26 heavy (non-hydrogen) atoms. The number of fused-ring (bicyclic) bond motifs is 1. The number of Topliss-reactive ketones (excluding diaryl/α,β-unsaturated/α-hetero) is 2. The van der Waals surface area contributed by atoms with Crippen molar-refractivity contribution in [3.63, 3.8) is 0 Å². The largest absolute Gasteiger partial charge is 0.373 e. The fourth-order valence-electron chi connectivity index (χ4n) is 3.06. The molecule has 0 unspecified atom stereocenters. The molecule has 132 valence electrons. The molecule has 0 bridgehead atoms. The van der Waals surface area contributed by atoms with Gasteiger partial charge in [-0.1, -0.05) is 30.3 Å². The van der Waals surface area contributed by atoms with Crippen LogP contribution in [-0.2, 0) is 4.79 Å². The number of likely N-dealkylation sites (N-methyl/N-ethyl adjacent to an activating group) is 1. The third-order valence-electron chi connectivity index (χ3n) is 4.12. The van der Waals surface area contributed by atoms with Crippen LogP contribution in [0.1, 0.15) is 27.6 Å². The Bertz CT molecular complexity index is 963. The Kier molecular flexibility index (Phi) is 4.95. The van der Waals surface area contributed by atoms with E-state index in [1.165, 1.54) is 11.8 Å². The van der Waals surface area contributed by atoms with E-state index in [2.05, 4.69) is 22.6 Å². The van der Waals surface area contributed by atoms with Crippen molar-refractivity contribution in [2.75, 3.05) is 19.0 Å². The first-order valence-electron chi connectivity index (χ1n) is 7.99. The fraction of sp³-hybridized carbons (Fsp3) is 0.150. The van der Waals surface area contributed by atoms with E-state index in [4.69, 9.17) is 0 Å². The van der Waals surface area contributed by atoms with E-state index in [1.54, 1.807) is 55.4 Å². The predicted molar refractivity (Wildman–Crippen MR) is 108 cm³/mol. The summed E-state index contributed by atoms with van der Waals surface area (Å²) in [7, 11) is 3.39. The number of benzene rings is 2. The van der Waals surface area contributed by atoms with Gasteiger partial charge in [0.15, 0.2) is 0 Å². The number of halogens is 1. The predicted octanol–water partition coefficient (Wildman–Crippen LogP) is 3.50. The van der Waals surface area contributed by atoms with Gasteiger partial charge >= 0.3 is 0 Å². The molecular weight excluding hydrogens is 443 g/mol. The SMILES string of the molecule is CC(=O)N(C1=C(N(C)C)C(=O)c2ccccc2C1=O)c1cccc(I)c1. The van der Waals surface area contributed by atoms with Crippen molar-refractivity contribution < 1.29 is 14.4 Å². The van der Waals surface area contributed by atoms with Gasteiger partial charge in [0.05, 0.1) is 5.69 Å². The topological polar surface area (TPSA) is 57.7 Å². The van der Waals surface area contributed by atoms with Crippen molar-refractivity contribution in [3.8, 4) is 0 Å². The lowest BCUT2D eigenvalue weighted by Crippen LogP contribution is -2.40. The van der Waals surface area contributed by atoms with Gasteiger partial charge in [0.1, 0.15) is 11.4 Å². The smallest absolute Gasteiger partial charge is 0.228 e. The Balaban J connectivity index is 2.30. The van der Waals surface area contributed by atoms with Gasteiger partial charge in [-0.25, -0.2) is 0 Å². The third kappa shape index (κ3) is 3.05. The summed E-state index contributed by atoms with van der Waals surface area (Å²) < 4.78 is 0.924. The summed E-state index contributed by atoms with van der Waals surface area (Å²) in [6.07, 6.45) is 0. The van der Waals surface area contributed by atoms with Crippen LogP contribution in [0.3, 0.4) is 0 Å². The van der Waals surface area contributed by atoms with E-state index >= 15 is 0 Å². The molecule has 0 fully saturated rings. The quantitative estimate of drug-likeness (QED) is 0.659. The molecule has 6 heteroatoms. The molecule has 3 rings (SSSR count). The van der Waals surface area contributed by atoms with E-state index in [0.29, 0.717) is 16.8 Å². The van der Waals surface area contributed by atoms with Crippen LogP contribution in [0.2, 0.25) is 0 Å². The van der Waals surface area contributed by atoms with Crippen molar-refractivity contribution in [1.29, 1.82) is 0 Å². The van der Waals surface area contributed by atoms with Crippen LogP contribution in [0.5, 0.6) is 0 Å². The van der Waals surface area contributed by atoms with Crippen LogP contribution >= 0.6 is 22.6 Å². The number of anilines is 1. The van der Waals surface area contributed by atoms with Crippen molar-refractivity contribution in [1.82, 2.24) is 4.90 Å². The van der Waals surface area contributed by atoms with Crippen LogP contribution in [0, 0.1) is 3.57 Å². The van der Waals surface area contributed by atoms with E-state index in [-0.39, 0.29) is 28.9 Å². The van der Waals surface area contributed by atoms with Crippen LogP contribution in [-0.4, -0.2) is 36.5 Å². The third-order valence-corrected chi connectivity index (χ3v) is 4.79. The number of carbonyl (C=O) groups excluding carboxylic acids is 3. The first-order chi connectivity index (χ1) is 12.3. The number of rotatable bonds is 3. The molecule has 0 heterocycles. The zero-order valence-corrected chi connectivity index (χ0v) is 16.8. The Labute approximate surface area is 165 Å². The van der Waals surface area contributed by atoms with Crippen LogP contribution in [0.25, 0.3) is 0 Å². The minimum atomic E-state index is -0.335. The summed E-state index contributed by atoms with van der Waals surface area (Å²) in [6, 6.07) is 14.0. The molecule has 0 N–H and O–H groups in total. The number of hydrogen-bond acceptors (Lipinski definition) is 4. The molecule has 0 spiro atoms. The Hall–Kier alpha value is -2.48. The highest BCUT2D eigenvalue weighted by Gasteiger charge is 2.38. The normalized spacial score (nSPS) is 13.5. The van der Waals surface area contributed by atoms with E-state index in [9.17, 15) is 14.4 Å². The van der Waals surface area contributed by atoms with E-state index in [0.717, 1.165) is 3.57 Å². The van der Waals surface area contributed by atoms with Gasteiger partial charge < -0.3 is 4.90 Å². The first kappa shape index (κ1) is 18.3. The molecule has 0 aliphatic heterocycles. The maximum atomic E-state index is 13.2. The maximum absolute atomic E-state index is 13.2. The van der Waals surface area contributed by atoms with Gasteiger partial charge in [-0.15, -0.1) is 0 Å². The molecule has 5 nitrogen and oxygen atoms in total. The highest BCUT2D eigenvalue weighted by molar-refractivity contribution is 14.1. The standard InChI is InChI=1S/C20H17IN2O3/c1-12(24)23(14-8-6-7-13(21)11-14)18-17(22(2)3)19(25)15-9-4-5-10-16(15)20(18)26/h4-11H,1-3H3. The number of amides is 1. The minimum absolute atomic E-state index is 0.0909. The molecule has 2 aromatic rings. The first-order valence-corrected chi connectivity index (χ1v) is 9.07. The Morgan fingerprint density at radius 2 is 1.46 bits per heavy atom. The fourth-order valence-corrected chi connectivity index (χ4v) is 3.58. The number of nitrogens with zero attached hydrogens (tertiary/aromatic N) is 2. The number of allylic oxidation sites excluding steroid dienone is 2. The molecule has 1 amide bonds. The second kappa shape index (κ2) is 7.03. The highest BCUT2D eigenvalue weighted by Crippen LogP contribution is 2.32. The van der Waals surface area contributed by atoms with Gasteiger partial charge in [0.2, 0.25) is 17.5 Å². The summed E-state index contributed by atoms with van der Waals surface area (Å²) in [4.78, 5) is 41.7. The molecule has 0 saturated heterocycles. The average Bonchev–Trinajstić information content (AvgIpc) is 2.59. The van der Waals surface area contributed by atoms with Gasteiger partial charge in [0.25, 0.3) is 0 Å². The molecule has 2 aromatic carbocycles. The highest BCUT2D eigenvalue weighted by atomic mass is 127. The molecule has 0 atom stereocenters.